The minimum atomic E-state index is -3.59. The van der Waals surface area contributed by atoms with Crippen LogP contribution in [0.2, 0.25) is 0 Å². The van der Waals surface area contributed by atoms with E-state index in [4.69, 9.17) is 5.73 Å². The van der Waals surface area contributed by atoms with Gasteiger partial charge in [0.25, 0.3) is 10.0 Å². The van der Waals surface area contributed by atoms with Crippen molar-refractivity contribution in [2.45, 2.75) is 30.9 Å². The van der Waals surface area contributed by atoms with Crippen molar-refractivity contribution in [2.24, 2.45) is 0 Å². The van der Waals surface area contributed by atoms with E-state index in [0.29, 0.717) is 12.2 Å². The molecule has 2 aromatic rings. The lowest BCUT2D eigenvalue weighted by Crippen LogP contribution is -2.35. The summed E-state index contributed by atoms with van der Waals surface area (Å²) in [6, 6.07) is 5.90. The van der Waals surface area contributed by atoms with E-state index in [0.717, 1.165) is 41.0 Å². The average molecular weight is 323 g/mol. The second kappa shape index (κ2) is 4.99. The van der Waals surface area contributed by atoms with Crippen molar-refractivity contribution in [3.05, 3.63) is 35.0 Å². The average Bonchev–Trinajstić information content (AvgIpc) is 2.77. The van der Waals surface area contributed by atoms with E-state index < -0.39 is 10.0 Å². The van der Waals surface area contributed by atoms with Gasteiger partial charge in [-0.1, -0.05) is 29.0 Å². The van der Waals surface area contributed by atoms with Gasteiger partial charge in [0.15, 0.2) is 9.34 Å². The van der Waals surface area contributed by atoms with Gasteiger partial charge >= 0.3 is 0 Å². The molecule has 0 atom stereocenters. The summed E-state index contributed by atoms with van der Waals surface area (Å²) in [6.45, 7) is 4.19. The van der Waals surface area contributed by atoms with Crippen molar-refractivity contribution < 1.29 is 8.42 Å². The Labute approximate surface area is 128 Å². The van der Waals surface area contributed by atoms with Crippen LogP contribution in [-0.4, -0.2) is 19.9 Å². The normalized spacial score (nSPS) is 15.0. The number of nitrogens with two attached hydrogens (primary N) is 1. The van der Waals surface area contributed by atoms with Crippen molar-refractivity contribution in [1.29, 1.82) is 0 Å². The number of benzene rings is 1. The SMILES string of the molecule is Cc1ccc2c(c1)CCCN2S(=O)(=O)c1sc(N)nc1C. The van der Waals surface area contributed by atoms with Gasteiger partial charge in [0, 0.05) is 6.54 Å². The third kappa shape index (κ3) is 2.40. The van der Waals surface area contributed by atoms with Crippen LogP contribution in [0.25, 0.3) is 0 Å². The summed E-state index contributed by atoms with van der Waals surface area (Å²) < 4.78 is 27.6. The zero-order valence-electron chi connectivity index (χ0n) is 12.0. The van der Waals surface area contributed by atoms with E-state index in [9.17, 15) is 8.42 Å². The fourth-order valence-electron chi connectivity index (χ4n) is 2.68. The molecule has 0 saturated heterocycles. The fraction of sp³-hybridized carbons (Fsp3) is 0.357. The summed E-state index contributed by atoms with van der Waals surface area (Å²) in [7, 11) is -3.59. The molecular weight excluding hydrogens is 306 g/mol. The molecule has 0 unspecified atom stereocenters. The first-order valence-electron chi connectivity index (χ1n) is 6.75. The van der Waals surface area contributed by atoms with Gasteiger partial charge < -0.3 is 5.73 Å². The molecule has 0 fully saturated rings. The number of aromatic nitrogens is 1. The molecule has 5 nitrogen and oxygen atoms in total. The summed E-state index contributed by atoms with van der Waals surface area (Å²) in [5.74, 6) is 0. The van der Waals surface area contributed by atoms with Gasteiger partial charge in [-0.25, -0.2) is 13.4 Å². The molecule has 3 rings (SSSR count). The Balaban J connectivity index is 2.12. The second-order valence-corrected chi connectivity index (χ2v) is 8.33. The number of aryl methyl sites for hydroxylation is 3. The number of rotatable bonds is 2. The monoisotopic (exact) mass is 323 g/mol. The maximum atomic E-state index is 12.9. The van der Waals surface area contributed by atoms with E-state index in [2.05, 4.69) is 11.1 Å². The van der Waals surface area contributed by atoms with Crippen molar-refractivity contribution >= 4 is 32.2 Å². The first-order chi connectivity index (χ1) is 9.89. The molecule has 1 aromatic heterocycles. The maximum Gasteiger partial charge on any atom is 0.275 e. The second-order valence-electron chi connectivity index (χ2n) is 5.24. The molecule has 0 spiro atoms. The van der Waals surface area contributed by atoms with Crippen LogP contribution in [-0.2, 0) is 16.4 Å². The minimum Gasteiger partial charge on any atom is -0.375 e. The first-order valence-corrected chi connectivity index (χ1v) is 9.00. The number of hydrogen-bond donors (Lipinski definition) is 1. The van der Waals surface area contributed by atoms with E-state index in [1.54, 1.807) is 6.92 Å². The molecule has 0 radical (unpaired) electrons. The lowest BCUT2D eigenvalue weighted by atomic mass is 10.0. The van der Waals surface area contributed by atoms with Gasteiger partial charge in [-0.3, -0.25) is 4.31 Å². The zero-order chi connectivity index (χ0) is 15.2. The van der Waals surface area contributed by atoms with Crippen LogP contribution < -0.4 is 10.0 Å². The standard InChI is InChI=1S/C14H17N3O2S2/c1-9-5-6-12-11(8-9)4-3-7-17(12)21(18,19)13-10(2)16-14(15)20-13/h5-6,8H,3-4,7H2,1-2H3,(H2,15,16). The summed E-state index contributed by atoms with van der Waals surface area (Å²) in [4.78, 5) is 4.03. The third-order valence-corrected chi connectivity index (χ3v) is 6.99. The predicted molar refractivity (Wildman–Crippen MR) is 85.3 cm³/mol. The van der Waals surface area contributed by atoms with Crippen LogP contribution in [0.1, 0.15) is 23.2 Å². The lowest BCUT2D eigenvalue weighted by molar-refractivity contribution is 0.588. The van der Waals surface area contributed by atoms with E-state index in [1.807, 2.05) is 19.1 Å². The first kappa shape index (κ1) is 14.3. The van der Waals surface area contributed by atoms with Gasteiger partial charge in [-0.15, -0.1) is 0 Å². The molecule has 1 aliphatic rings. The largest absolute Gasteiger partial charge is 0.375 e. The van der Waals surface area contributed by atoms with Gasteiger partial charge in [-0.05, 0) is 38.3 Å². The summed E-state index contributed by atoms with van der Waals surface area (Å²) in [5, 5.41) is 0.284. The lowest BCUT2D eigenvalue weighted by Gasteiger charge is -2.30. The highest BCUT2D eigenvalue weighted by Gasteiger charge is 2.32. The third-order valence-electron chi connectivity index (χ3n) is 3.61. The molecule has 21 heavy (non-hydrogen) atoms. The summed E-state index contributed by atoms with van der Waals surface area (Å²) in [5.41, 5.74) is 9.12. The van der Waals surface area contributed by atoms with E-state index in [1.165, 1.54) is 4.31 Å². The number of nitrogens with zero attached hydrogens (tertiary/aromatic N) is 2. The molecule has 0 aliphatic carbocycles. The van der Waals surface area contributed by atoms with E-state index >= 15 is 0 Å². The van der Waals surface area contributed by atoms with Crippen LogP contribution in [0.15, 0.2) is 22.4 Å². The number of nitrogen functional groups attached to an aromatic ring is 1. The summed E-state index contributed by atoms with van der Waals surface area (Å²) in [6.07, 6.45) is 1.73. The number of fused-ring (bicyclic) bond motifs is 1. The van der Waals surface area contributed by atoms with E-state index in [-0.39, 0.29) is 9.34 Å². The molecule has 0 saturated carbocycles. The van der Waals surface area contributed by atoms with Crippen molar-refractivity contribution in [3.63, 3.8) is 0 Å². The molecule has 2 N–H and O–H groups in total. The number of hydrogen-bond acceptors (Lipinski definition) is 5. The predicted octanol–water partition coefficient (Wildman–Crippen LogP) is 2.48. The van der Waals surface area contributed by atoms with Gasteiger partial charge in [0.2, 0.25) is 0 Å². The Morgan fingerprint density at radius 1 is 1.33 bits per heavy atom. The highest BCUT2D eigenvalue weighted by Crippen LogP contribution is 2.35. The fourth-order valence-corrected chi connectivity index (χ4v) is 5.62. The molecule has 2 heterocycles. The number of thiazole rings is 1. The van der Waals surface area contributed by atoms with Crippen LogP contribution in [0, 0.1) is 13.8 Å². The minimum absolute atomic E-state index is 0.244. The van der Waals surface area contributed by atoms with Crippen LogP contribution in [0.5, 0.6) is 0 Å². The Morgan fingerprint density at radius 3 is 2.76 bits per heavy atom. The molecule has 7 heteroatoms. The molecule has 1 aliphatic heterocycles. The Morgan fingerprint density at radius 2 is 2.10 bits per heavy atom. The van der Waals surface area contributed by atoms with Crippen LogP contribution in [0.3, 0.4) is 0 Å². The zero-order valence-corrected chi connectivity index (χ0v) is 13.6. The topological polar surface area (TPSA) is 76.3 Å². The smallest absolute Gasteiger partial charge is 0.275 e. The molecular formula is C14H17N3O2S2. The van der Waals surface area contributed by atoms with Crippen LogP contribution in [0.4, 0.5) is 10.8 Å². The summed E-state index contributed by atoms with van der Waals surface area (Å²) >= 11 is 1.03. The van der Waals surface area contributed by atoms with Crippen LogP contribution >= 0.6 is 11.3 Å². The highest BCUT2D eigenvalue weighted by molar-refractivity contribution is 7.94. The molecule has 112 valence electrons. The molecule has 0 amide bonds. The highest BCUT2D eigenvalue weighted by atomic mass is 32.2. The van der Waals surface area contributed by atoms with Crippen molar-refractivity contribution in [2.75, 3.05) is 16.6 Å². The number of sulfonamides is 1. The number of anilines is 2. The Kier molecular flexibility index (Phi) is 3.41. The van der Waals surface area contributed by atoms with Crippen molar-refractivity contribution in [1.82, 2.24) is 4.98 Å². The van der Waals surface area contributed by atoms with Gasteiger partial charge in [0.05, 0.1) is 11.4 Å². The van der Waals surface area contributed by atoms with Gasteiger partial charge in [-0.2, -0.15) is 0 Å². The Hall–Kier alpha value is -1.60. The Bertz CT molecular complexity index is 797. The molecule has 0 bridgehead atoms. The maximum absolute atomic E-state index is 12.9. The van der Waals surface area contributed by atoms with Gasteiger partial charge in [0.1, 0.15) is 0 Å². The quantitative estimate of drug-likeness (QED) is 0.921. The van der Waals surface area contributed by atoms with Crippen molar-refractivity contribution in [3.8, 4) is 0 Å². The molecule has 1 aromatic carbocycles.